The van der Waals surface area contributed by atoms with Crippen molar-refractivity contribution in [3.05, 3.63) is 29.8 Å². The molecule has 0 aromatic heterocycles. The summed E-state index contributed by atoms with van der Waals surface area (Å²) >= 11 is 0. The van der Waals surface area contributed by atoms with Crippen molar-refractivity contribution in [3.63, 3.8) is 0 Å². The molecule has 2 atom stereocenters. The van der Waals surface area contributed by atoms with Gasteiger partial charge in [0.1, 0.15) is 5.75 Å². The number of methoxy groups -OCH3 is 1. The van der Waals surface area contributed by atoms with Gasteiger partial charge in [-0.1, -0.05) is 12.1 Å². The Balaban J connectivity index is 1.65. The maximum Gasteiger partial charge on any atom is 0.223 e. The normalized spacial score (nSPS) is 27.6. The third-order valence-corrected chi connectivity index (χ3v) is 4.47. The molecule has 2 fully saturated rings. The quantitative estimate of drug-likeness (QED) is 0.866. The molecule has 3 rings (SSSR count). The zero-order chi connectivity index (χ0) is 12.8. The van der Waals surface area contributed by atoms with E-state index in [9.17, 15) is 4.79 Å². The fourth-order valence-electron chi connectivity index (χ4n) is 2.96. The van der Waals surface area contributed by atoms with Crippen LogP contribution in [-0.2, 0) is 4.79 Å². The molecule has 0 heterocycles. The van der Waals surface area contributed by atoms with Crippen LogP contribution in [0.1, 0.15) is 37.2 Å². The van der Waals surface area contributed by atoms with E-state index in [-0.39, 0.29) is 11.3 Å². The van der Waals surface area contributed by atoms with Crippen LogP contribution in [-0.4, -0.2) is 13.0 Å². The summed E-state index contributed by atoms with van der Waals surface area (Å²) in [7, 11) is 1.69. The molecule has 2 aliphatic rings. The Hall–Kier alpha value is -1.51. The van der Waals surface area contributed by atoms with Gasteiger partial charge in [-0.15, -0.1) is 0 Å². The molecule has 3 heteroatoms. The molecular weight excluding hydrogens is 226 g/mol. The topological polar surface area (TPSA) is 52.3 Å². The van der Waals surface area contributed by atoms with Gasteiger partial charge in [0.15, 0.2) is 0 Å². The monoisotopic (exact) mass is 245 g/mol. The first-order chi connectivity index (χ1) is 8.64. The number of benzene rings is 1. The Kier molecular flexibility index (Phi) is 2.58. The molecule has 2 saturated carbocycles. The van der Waals surface area contributed by atoms with Crippen molar-refractivity contribution in [2.75, 3.05) is 7.11 Å². The van der Waals surface area contributed by atoms with Crippen LogP contribution in [0.3, 0.4) is 0 Å². The van der Waals surface area contributed by atoms with Crippen molar-refractivity contribution >= 4 is 5.91 Å². The van der Waals surface area contributed by atoms with Crippen molar-refractivity contribution < 1.29 is 9.53 Å². The van der Waals surface area contributed by atoms with E-state index in [0.717, 1.165) is 25.0 Å². The van der Waals surface area contributed by atoms with Gasteiger partial charge in [-0.3, -0.25) is 4.79 Å². The number of hydrogen-bond donors (Lipinski definition) is 1. The van der Waals surface area contributed by atoms with Gasteiger partial charge in [-0.2, -0.15) is 0 Å². The fraction of sp³-hybridized carbons (Fsp3) is 0.533. The van der Waals surface area contributed by atoms with E-state index in [1.807, 2.05) is 12.1 Å². The zero-order valence-corrected chi connectivity index (χ0v) is 10.7. The molecule has 1 aromatic rings. The van der Waals surface area contributed by atoms with E-state index in [2.05, 4.69) is 12.1 Å². The molecule has 2 unspecified atom stereocenters. The second-order valence-corrected chi connectivity index (χ2v) is 5.73. The van der Waals surface area contributed by atoms with Gasteiger partial charge in [0.25, 0.3) is 0 Å². The summed E-state index contributed by atoms with van der Waals surface area (Å²) in [6.45, 7) is 0. The maximum atomic E-state index is 11.4. The van der Waals surface area contributed by atoms with Gasteiger partial charge in [-0.05, 0) is 55.2 Å². The van der Waals surface area contributed by atoms with Crippen LogP contribution in [0.15, 0.2) is 24.3 Å². The summed E-state index contributed by atoms with van der Waals surface area (Å²) in [6.07, 6.45) is 4.14. The minimum Gasteiger partial charge on any atom is -0.497 e. The predicted octanol–water partition coefficient (Wildman–Crippen LogP) is 2.45. The molecule has 1 aromatic carbocycles. The Morgan fingerprint density at radius 3 is 2.89 bits per heavy atom. The summed E-state index contributed by atoms with van der Waals surface area (Å²) in [5, 5.41) is 0. The largest absolute Gasteiger partial charge is 0.497 e. The first kappa shape index (κ1) is 11.6. The molecular formula is C15H19NO2. The molecule has 0 bridgehead atoms. The lowest BCUT2D eigenvalue weighted by atomic mass is 9.96. The van der Waals surface area contributed by atoms with E-state index >= 15 is 0 Å². The highest BCUT2D eigenvalue weighted by molar-refractivity contribution is 5.83. The van der Waals surface area contributed by atoms with Gasteiger partial charge in [-0.25, -0.2) is 0 Å². The lowest BCUT2D eigenvalue weighted by molar-refractivity contribution is -0.123. The van der Waals surface area contributed by atoms with E-state index in [1.165, 1.54) is 12.0 Å². The highest BCUT2D eigenvalue weighted by atomic mass is 16.5. The predicted molar refractivity (Wildman–Crippen MR) is 69.3 cm³/mol. The second-order valence-electron chi connectivity index (χ2n) is 5.73. The number of carbonyl (C=O) groups is 1. The molecule has 1 amide bonds. The molecule has 2 N–H and O–H groups in total. The standard InChI is InChI=1S/C15H19NO2/c1-18-12-4-2-3-10(7-12)13-8-11(13)9-15(5-6-15)14(16)17/h2-4,7,11,13H,5-6,8-9H2,1H3,(H2,16,17). The van der Waals surface area contributed by atoms with Crippen molar-refractivity contribution in [2.45, 2.75) is 31.6 Å². The average Bonchev–Trinajstić information content (AvgIpc) is 3.27. The van der Waals surface area contributed by atoms with Gasteiger partial charge in [0.05, 0.1) is 7.11 Å². The van der Waals surface area contributed by atoms with E-state index < -0.39 is 0 Å². The average molecular weight is 245 g/mol. The van der Waals surface area contributed by atoms with Crippen LogP contribution in [0, 0.1) is 11.3 Å². The maximum absolute atomic E-state index is 11.4. The Bertz CT molecular complexity index is 479. The van der Waals surface area contributed by atoms with Crippen molar-refractivity contribution in [2.24, 2.45) is 17.1 Å². The Morgan fingerprint density at radius 2 is 2.28 bits per heavy atom. The lowest BCUT2D eigenvalue weighted by Crippen LogP contribution is -2.25. The Labute approximate surface area is 107 Å². The van der Waals surface area contributed by atoms with Crippen molar-refractivity contribution in [1.82, 2.24) is 0 Å². The number of ether oxygens (including phenoxy) is 1. The Morgan fingerprint density at radius 1 is 1.50 bits per heavy atom. The second kappa shape index (κ2) is 4.01. The molecule has 0 spiro atoms. The minimum absolute atomic E-state index is 0.0983. The van der Waals surface area contributed by atoms with E-state index in [0.29, 0.717) is 11.8 Å². The van der Waals surface area contributed by atoms with Crippen LogP contribution >= 0.6 is 0 Å². The summed E-state index contributed by atoms with van der Waals surface area (Å²) < 4.78 is 5.25. The molecule has 0 aliphatic heterocycles. The van der Waals surface area contributed by atoms with Crippen molar-refractivity contribution in [3.8, 4) is 5.75 Å². The first-order valence-corrected chi connectivity index (χ1v) is 6.58. The molecule has 18 heavy (non-hydrogen) atoms. The molecule has 2 aliphatic carbocycles. The summed E-state index contributed by atoms with van der Waals surface area (Å²) in [4.78, 5) is 11.4. The molecule has 96 valence electrons. The number of hydrogen-bond acceptors (Lipinski definition) is 2. The highest BCUT2D eigenvalue weighted by Gasteiger charge is 2.54. The summed E-state index contributed by atoms with van der Waals surface area (Å²) in [5.74, 6) is 2.04. The number of carbonyl (C=O) groups excluding carboxylic acids is 1. The molecule has 0 saturated heterocycles. The van der Waals surface area contributed by atoms with E-state index in [1.54, 1.807) is 7.11 Å². The summed E-state index contributed by atoms with van der Waals surface area (Å²) in [5.41, 5.74) is 6.66. The molecule has 0 radical (unpaired) electrons. The van der Waals surface area contributed by atoms with Gasteiger partial charge in [0, 0.05) is 5.41 Å². The number of rotatable bonds is 5. The zero-order valence-electron chi connectivity index (χ0n) is 10.7. The third-order valence-electron chi connectivity index (χ3n) is 4.47. The van der Waals surface area contributed by atoms with Crippen LogP contribution in [0.5, 0.6) is 5.75 Å². The number of nitrogens with two attached hydrogens (primary N) is 1. The SMILES string of the molecule is COc1cccc(C2CC2CC2(C(N)=O)CC2)c1. The van der Waals surface area contributed by atoms with E-state index in [4.69, 9.17) is 10.5 Å². The summed E-state index contributed by atoms with van der Waals surface area (Å²) in [6, 6.07) is 8.25. The van der Waals surface area contributed by atoms with Crippen molar-refractivity contribution in [1.29, 1.82) is 0 Å². The van der Waals surface area contributed by atoms with Crippen LogP contribution in [0.4, 0.5) is 0 Å². The van der Waals surface area contributed by atoms with Gasteiger partial charge < -0.3 is 10.5 Å². The molecule has 3 nitrogen and oxygen atoms in total. The third kappa shape index (κ3) is 1.98. The number of primary amides is 1. The van der Waals surface area contributed by atoms with Crippen LogP contribution < -0.4 is 10.5 Å². The first-order valence-electron chi connectivity index (χ1n) is 6.58. The fourth-order valence-corrected chi connectivity index (χ4v) is 2.96. The van der Waals surface area contributed by atoms with Crippen LogP contribution in [0.2, 0.25) is 0 Å². The number of amides is 1. The minimum atomic E-state index is -0.154. The van der Waals surface area contributed by atoms with Gasteiger partial charge >= 0.3 is 0 Å². The van der Waals surface area contributed by atoms with Gasteiger partial charge in [0.2, 0.25) is 5.91 Å². The lowest BCUT2D eigenvalue weighted by Gasteiger charge is -2.10. The smallest absolute Gasteiger partial charge is 0.223 e. The highest BCUT2D eigenvalue weighted by Crippen LogP contribution is 2.60. The van der Waals surface area contributed by atoms with Crippen LogP contribution in [0.25, 0.3) is 0 Å².